The highest BCUT2D eigenvalue weighted by Crippen LogP contribution is 2.30. The molecule has 24 heavy (non-hydrogen) atoms. The van der Waals surface area contributed by atoms with Crippen LogP contribution in [0.1, 0.15) is 11.1 Å². The highest BCUT2D eigenvalue weighted by atomic mass is 32.2. The molecule has 3 aromatic rings. The number of hydrogen-bond donors (Lipinski definition) is 1. The molecule has 3 rings (SSSR count). The van der Waals surface area contributed by atoms with Crippen LogP contribution in [-0.4, -0.2) is 8.42 Å². The van der Waals surface area contributed by atoms with Gasteiger partial charge in [-0.15, -0.1) is 0 Å². The standard InChI is InChI=1S/C20H19NO2S/c1-15-12-13-16(2)20(14-15)24(22,23)21-19-11-7-6-10-18(19)17-8-4-3-5-9-17/h3-14,21H,1-2H3. The van der Waals surface area contributed by atoms with Crippen LogP contribution in [0.2, 0.25) is 0 Å². The summed E-state index contributed by atoms with van der Waals surface area (Å²) in [5, 5.41) is 0. The fraction of sp³-hybridized carbons (Fsp3) is 0.100. The third-order valence-electron chi connectivity index (χ3n) is 3.89. The summed E-state index contributed by atoms with van der Waals surface area (Å²) in [6.45, 7) is 3.69. The molecule has 0 saturated carbocycles. The lowest BCUT2D eigenvalue weighted by atomic mass is 10.0. The monoisotopic (exact) mass is 337 g/mol. The second-order valence-electron chi connectivity index (χ2n) is 5.79. The molecule has 0 bridgehead atoms. The Morgan fingerprint density at radius 2 is 1.46 bits per heavy atom. The molecule has 3 aromatic carbocycles. The van der Waals surface area contributed by atoms with Crippen LogP contribution in [-0.2, 0) is 10.0 Å². The average Bonchev–Trinajstić information content (AvgIpc) is 2.58. The second-order valence-corrected chi connectivity index (χ2v) is 7.44. The number of anilines is 1. The third-order valence-corrected chi connectivity index (χ3v) is 5.40. The van der Waals surface area contributed by atoms with Crippen molar-refractivity contribution in [3.63, 3.8) is 0 Å². The highest BCUT2D eigenvalue weighted by molar-refractivity contribution is 7.92. The molecular weight excluding hydrogens is 318 g/mol. The normalized spacial score (nSPS) is 11.2. The zero-order chi connectivity index (χ0) is 17.2. The summed E-state index contributed by atoms with van der Waals surface area (Å²) in [7, 11) is -3.65. The van der Waals surface area contributed by atoms with Crippen molar-refractivity contribution < 1.29 is 8.42 Å². The number of benzene rings is 3. The zero-order valence-electron chi connectivity index (χ0n) is 13.7. The van der Waals surface area contributed by atoms with Gasteiger partial charge in [-0.2, -0.15) is 0 Å². The van der Waals surface area contributed by atoms with Gasteiger partial charge >= 0.3 is 0 Å². The molecule has 0 amide bonds. The topological polar surface area (TPSA) is 46.2 Å². The molecule has 1 N–H and O–H groups in total. The van der Waals surface area contributed by atoms with E-state index in [0.29, 0.717) is 10.6 Å². The SMILES string of the molecule is Cc1ccc(C)c(S(=O)(=O)Nc2ccccc2-c2ccccc2)c1. The van der Waals surface area contributed by atoms with Crippen LogP contribution < -0.4 is 4.72 Å². The average molecular weight is 337 g/mol. The first kappa shape index (κ1) is 16.3. The Morgan fingerprint density at radius 1 is 0.792 bits per heavy atom. The lowest BCUT2D eigenvalue weighted by Crippen LogP contribution is -2.15. The highest BCUT2D eigenvalue weighted by Gasteiger charge is 2.18. The molecule has 4 heteroatoms. The van der Waals surface area contributed by atoms with Gasteiger partial charge in [-0.3, -0.25) is 4.72 Å². The van der Waals surface area contributed by atoms with Crippen LogP contribution in [0.15, 0.2) is 77.7 Å². The molecule has 0 aliphatic heterocycles. The molecule has 0 atom stereocenters. The smallest absolute Gasteiger partial charge is 0.262 e. The molecule has 0 aliphatic rings. The van der Waals surface area contributed by atoms with E-state index in [0.717, 1.165) is 22.3 Å². The summed E-state index contributed by atoms with van der Waals surface area (Å²) in [6.07, 6.45) is 0. The molecule has 0 unspecified atom stereocenters. The minimum Gasteiger partial charge on any atom is -0.279 e. The maximum atomic E-state index is 12.8. The number of hydrogen-bond acceptors (Lipinski definition) is 2. The first-order chi connectivity index (χ1) is 11.5. The maximum Gasteiger partial charge on any atom is 0.262 e. The number of nitrogens with one attached hydrogen (secondary N) is 1. The maximum absolute atomic E-state index is 12.8. The van der Waals surface area contributed by atoms with Crippen molar-refractivity contribution in [1.82, 2.24) is 0 Å². The van der Waals surface area contributed by atoms with Gasteiger partial charge in [0.25, 0.3) is 10.0 Å². The predicted molar refractivity (Wildman–Crippen MR) is 98.6 cm³/mol. The number of rotatable bonds is 4. The fourth-order valence-corrected chi connectivity index (χ4v) is 4.05. The van der Waals surface area contributed by atoms with E-state index in [2.05, 4.69) is 4.72 Å². The molecule has 0 aromatic heterocycles. The van der Waals surface area contributed by atoms with E-state index in [1.165, 1.54) is 0 Å². The van der Waals surface area contributed by atoms with Crippen LogP contribution in [0.5, 0.6) is 0 Å². The Kier molecular flexibility index (Phi) is 4.40. The Bertz CT molecular complexity index is 964. The fourth-order valence-electron chi connectivity index (χ4n) is 2.64. The molecule has 0 fully saturated rings. The molecule has 3 nitrogen and oxygen atoms in total. The van der Waals surface area contributed by atoms with Crippen molar-refractivity contribution in [2.45, 2.75) is 18.7 Å². The Hall–Kier alpha value is -2.59. The lowest BCUT2D eigenvalue weighted by Gasteiger charge is -2.14. The summed E-state index contributed by atoms with van der Waals surface area (Å²) in [5.74, 6) is 0. The van der Waals surface area contributed by atoms with Gasteiger partial charge in [-0.1, -0.05) is 60.7 Å². The van der Waals surface area contributed by atoms with Crippen molar-refractivity contribution in [2.24, 2.45) is 0 Å². The summed E-state index contributed by atoms with van der Waals surface area (Å²) in [4.78, 5) is 0.311. The van der Waals surface area contributed by atoms with Crippen molar-refractivity contribution >= 4 is 15.7 Å². The van der Waals surface area contributed by atoms with Crippen LogP contribution in [0.25, 0.3) is 11.1 Å². The van der Waals surface area contributed by atoms with Gasteiger partial charge in [-0.05, 0) is 42.7 Å². The minimum atomic E-state index is -3.65. The summed E-state index contributed by atoms with van der Waals surface area (Å²) >= 11 is 0. The van der Waals surface area contributed by atoms with E-state index in [-0.39, 0.29) is 0 Å². The third kappa shape index (κ3) is 3.34. The van der Waals surface area contributed by atoms with E-state index < -0.39 is 10.0 Å². The van der Waals surface area contributed by atoms with Crippen LogP contribution >= 0.6 is 0 Å². The van der Waals surface area contributed by atoms with E-state index in [9.17, 15) is 8.42 Å². The van der Waals surface area contributed by atoms with Crippen molar-refractivity contribution in [2.75, 3.05) is 4.72 Å². The van der Waals surface area contributed by atoms with Crippen LogP contribution in [0, 0.1) is 13.8 Å². The molecule has 0 saturated heterocycles. The van der Waals surface area contributed by atoms with E-state index in [1.807, 2.05) is 67.6 Å². The second kappa shape index (κ2) is 6.49. The molecule has 0 spiro atoms. The Balaban J connectivity index is 2.04. The molecule has 0 radical (unpaired) electrons. The molecule has 0 heterocycles. The van der Waals surface area contributed by atoms with Crippen molar-refractivity contribution in [1.29, 1.82) is 0 Å². The van der Waals surface area contributed by atoms with Crippen molar-refractivity contribution in [3.05, 3.63) is 83.9 Å². The van der Waals surface area contributed by atoms with Gasteiger partial charge in [0.05, 0.1) is 10.6 Å². The van der Waals surface area contributed by atoms with Gasteiger partial charge < -0.3 is 0 Å². The minimum absolute atomic E-state index is 0.311. The molecular formula is C20H19NO2S. The van der Waals surface area contributed by atoms with Gasteiger partial charge in [0, 0.05) is 5.56 Å². The molecule has 0 aliphatic carbocycles. The summed E-state index contributed by atoms with van der Waals surface area (Å²) in [6, 6.07) is 22.6. The number of sulfonamides is 1. The van der Waals surface area contributed by atoms with E-state index >= 15 is 0 Å². The van der Waals surface area contributed by atoms with Gasteiger partial charge in [0.15, 0.2) is 0 Å². The van der Waals surface area contributed by atoms with Gasteiger partial charge in [-0.25, -0.2) is 8.42 Å². The van der Waals surface area contributed by atoms with Gasteiger partial charge in [0.1, 0.15) is 0 Å². The zero-order valence-corrected chi connectivity index (χ0v) is 14.5. The van der Waals surface area contributed by atoms with Crippen LogP contribution in [0.4, 0.5) is 5.69 Å². The number of aryl methyl sites for hydroxylation is 2. The van der Waals surface area contributed by atoms with Crippen LogP contribution in [0.3, 0.4) is 0 Å². The quantitative estimate of drug-likeness (QED) is 0.745. The van der Waals surface area contributed by atoms with Gasteiger partial charge in [0.2, 0.25) is 0 Å². The first-order valence-corrected chi connectivity index (χ1v) is 9.20. The summed E-state index contributed by atoms with van der Waals surface area (Å²) < 4.78 is 28.4. The van der Waals surface area contributed by atoms with E-state index in [4.69, 9.17) is 0 Å². The molecule has 122 valence electrons. The predicted octanol–water partition coefficient (Wildman–Crippen LogP) is 4.77. The first-order valence-electron chi connectivity index (χ1n) is 7.72. The van der Waals surface area contributed by atoms with Crippen molar-refractivity contribution in [3.8, 4) is 11.1 Å². The lowest BCUT2D eigenvalue weighted by molar-refractivity contribution is 0.600. The Morgan fingerprint density at radius 3 is 2.21 bits per heavy atom. The summed E-state index contributed by atoms with van der Waals surface area (Å²) in [5.41, 5.74) is 4.04. The Labute approximate surface area is 143 Å². The van der Waals surface area contributed by atoms with E-state index in [1.54, 1.807) is 19.1 Å². The largest absolute Gasteiger partial charge is 0.279 e. The number of para-hydroxylation sites is 1.